The number of carbonyl (C=O) groups excluding carboxylic acids is 1. The SMILES string of the molecule is CCOc1cc(N)c(C=NC2CCC(C)(O)CC2)cc1NC(=O)c1cccc(C(C)C)[n+]1O. The molecule has 5 N–H and O–H groups in total. The number of hydrogen-bond acceptors (Lipinski definition) is 6. The highest BCUT2D eigenvalue weighted by atomic mass is 16.5. The predicted octanol–water partition coefficient (Wildman–Crippen LogP) is 3.68. The molecule has 2 aromatic rings. The van der Waals surface area contributed by atoms with Crippen molar-refractivity contribution in [3.8, 4) is 5.75 Å². The first-order chi connectivity index (χ1) is 15.6. The molecule has 0 atom stereocenters. The summed E-state index contributed by atoms with van der Waals surface area (Å²) in [5.41, 5.74) is 7.96. The van der Waals surface area contributed by atoms with E-state index in [0.717, 1.165) is 17.6 Å². The van der Waals surface area contributed by atoms with Crippen LogP contribution in [0.25, 0.3) is 0 Å². The van der Waals surface area contributed by atoms with Crippen molar-refractivity contribution in [2.24, 2.45) is 4.99 Å². The number of nitrogen functional groups attached to an aromatic ring is 1. The predicted molar refractivity (Wildman–Crippen MR) is 128 cm³/mol. The molecule has 33 heavy (non-hydrogen) atoms. The zero-order valence-electron chi connectivity index (χ0n) is 19.8. The first-order valence-corrected chi connectivity index (χ1v) is 11.5. The molecule has 0 spiro atoms. The lowest BCUT2D eigenvalue weighted by molar-refractivity contribution is -0.911. The highest BCUT2D eigenvalue weighted by molar-refractivity contribution is 6.04. The first-order valence-electron chi connectivity index (χ1n) is 11.5. The van der Waals surface area contributed by atoms with Gasteiger partial charge in [-0.3, -0.25) is 15.0 Å². The van der Waals surface area contributed by atoms with Crippen LogP contribution in [0.1, 0.15) is 81.0 Å². The second kappa shape index (κ2) is 10.2. The highest BCUT2D eigenvalue weighted by Gasteiger charge is 2.28. The monoisotopic (exact) mass is 455 g/mol. The number of aliphatic imine (C=N–C) groups is 1. The molecule has 1 aliphatic carbocycles. The van der Waals surface area contributed by atoms with Crippen LogP contribution in [0, 0.1) is 0 Å². The van der Waals surface area contributed by atoms with Gasteiger partial charge in [0.15, 0.2) is 0 Å². The number of benzene rings is 1. The van der Waals surface area contributed by atoms with Crippen LogP contribution < -0.4 is 20.5 Å². The van der Waals surface area contributed by atoms with Gasteiger partial charge in [-0.15, -0.1) is 0 Å². The molecule has 1 saturated carbocycles. The van der Waals surface area contributed by atoms with Crippen molar-refractivity contribution in [3.05, 3.63) is 47.3 Å². The largest absolute Gasteiger partial charge is 0.492 e. The van der Waals surface area contributed by atoms with E-state index in [1.54, 1.807) is 36.5 Å². The van der Waals surface area contributed by atoms with Gasteiger partial charge in [0.1, 0.15) is 5.75 Å². The maximum absolute atomic E-state index is 13.0. The van der Waals surface area contributed by atoms with E-state index in [1.807, 2.05) is 27.7 Å². The first kappa shape index (κ1) is 24.5. The van der Waals surface area contributed by atoms with Crippen molar-refractivity contribution in [1.82, 2.24) is 0 Å². The van der Waals surface area contributed by atoms with Crippen LogP contribution in [0.4, 0.5) is 11.4 Å². The Balaban J connectivity index is 1.86. The van der Waals surface area contributed by atoms with Crippen molar-refractivity contribution in [2.75, 3.05) is 17.7 Å². The fourth-order valence-electron chi connectivity index (χ4n) is 3.97. The minimum absolute atomic E-state index is 0.0459. The van der Waals surface area contributed by atoms with Gasteiger partial charge in [0, 0.05) is 46.3 Å². The summed E-state index contributed by atoms with van der Waals surface area (Å²) in [5, 5.41) is 23.5. The van der Waals surface area contributed by atoms with Gasteiger partial charge in [-0.1, -0.05) is 13.8 Å². The normalized spacial score (nSPS) is 20.8. The van der Waals surface area contributed by atoms with E-state index in [2.05, 4.69) is 10.3 Å². The average molecular weight is 456 g/mol. The lowest BCUT2D eigenvalue weighted by Gasteiger charge is -2.31. The summed E-state index contributed by atoms with van der Waals surface area (Å²) in [6.07, 6.45) is 4.77. The fourth-order valence-corrected chi connectivity index (χ4v) is 3.97. The number of amides is 1. The number of nitrogens with zero attached hydrogens (tertiary/aromatic N) is 2. The number of ether oxygens (including phenoxy) is 1. The number of pyridine rings is 1. The van der Waals surface area contributed by atoms with Crippen LogP contribution in [-0.4, -0.2) is 40.7 Å². The Morgan fingerprint density at radius 3 is 2.70 bits per heavy atom. The Labute approximate surface area is 195 Å². The van der Waals surface area contributed by atoms with Crippen LogP contribution in [-0.2, 0) is 0 Å². The van der Waals surface area contributed by atoms with Crippen molar-refractivity contribution in [3.63, 3.8) is 0 Å². The third kappa shape index (κ3) is 6.01. The van der Waals surface area contributed by atoms with E-state index in [-0.39, 0.29) is 17.7 Å². The molecule has 1 heterocycles. The number of hydrogen-bond donors (Lipinski definition) is 4. The molecule has 0 bridgehead atoms. The standard InChI is InChI=1S/C25H34N4O4/c1-5-33-23-14-19(26)17(15-27-18-9-11-25(4,31)12-10-18)13-20(23)28-24(30)22-8-6-7-21(16(2)3)29(22)32/h6-8,13-16,18,26,30-32H,5,9-12H2,1-4H3/p+1. The number of nitrogens with one attached hydrogen (secondary N) is 1. The van der Waals surface area contributed by atoms with Gasteiger partial charge < -0.3 is 20.9 Å². The quantitative estimate of drug-likeness (QED) is 0.220. The van der Waals surface area contributed by atoms with Crippen LogP contribution in [0.3, 0.4) is 0 Å². The summed E-state index contributed by atoms with van der Waals surface area (Å²) in [6, 6.07) is 8.59. The molecule has 0 aliphatic heterocycles. The smallest absolute Gasteiger partial charge is 0.325 e. The van der Waals surface area contributed by atoms with E-state index < -0.39 is 11.5 Å². The molecule has 3 rings (SSSR count). The van der Waals surface area contributed by atoms with Crippen LogP contribution >= 0.6 is 0 Å². The molecule has 1 fully saturated rings. The average Bonchev–Trinajstić information content (AvgIpc) is 2.75. The topological polar surface area (TPSA) is 121 Å². The van der Waals surface area contributed by atoms with Crippen LogP contribution in [0.5, 0.6) is 5.75 Å². The molecule has 1 aromatic carbocycles. The molecule has 0 radical (unpaired) electrons. The number of rotatable bonds is 7. The molecule has 0 saturated heterocycles. The van der Waals surface area contributed by atoms with Crippen molar-refractivity contribution < 1.29 is 24.6 Å². The minimum atomic E-state index is -0.613. The summed E-state index contributed by atoms with van der Waals surface area (Å²) >= 11 is 0. The van der Waals surface area contributed by atoms with E-state index in [4.69, 9.17) is 10.5 Å². The number of nitrogens with two attached hydrogens (primary N) is 1. The van der Waals surface area contributed by atoms with E-state index in [0.29, 0.717) is 47.8 Å². The Bertz CT molecular complexity index is 1020. The number of aliphatic hydroxyl groups is 1. The molecule has 8 heteroatoms. The van der Waals surface area contributed by atoms with E-state index >= 15 is 0 Å². The van der Waals surface area contributed by atoms with Crippen molar-refractivity contribution >= 4 is 23.5 Å². The van der Waals surface area contributed by atoms with Gasteiger partial charge in [0.2, 0.25) is 5.69 Å². The van der Waals surface area contributed by atoms with Gasteiger partial charge in [-0.2, -0.15) is 0 Å². The number of anilines is 2. The lowest BCUT2D eigenvalue weighted by atomic mass is 9.84. The zero-order valence-corrected chi connectivity index (χ0v) is 19.8. The summed E-state index contributed by atoms with van der Waals surface area (Å²) < 4.78 is 6.60. The Hall–Kier alpha value is -3.13. The Morgan fingerprint density at radius 2 is 2.06 bits per heavy atom. The molecule has 1 aromatic heterocycles. The highest BCUT2D eigenvalue weighted by Crippen LogP contribution is 2.32. The van der Waals surface area contributed by atoms with Gasteiger partial charge in [-0.05, 0) is 51.7 Å². The second-order valence-electron chi connectivity index (χ2n) is 9.17. The maximum Gasteiger partial charge on any atom is 0.325 e. The van der Waals surface area contributed by atoms with E-state index in [1.165, 1.54) is 0 Å². The summed E-state index contributed by atoms with van der Waals surface area (Å²) in [5.74, 6) is 0.0198. The van der Waals surface area contributed by atoms with Crippen LogP contribution in [0.2, 0.25) is 0 Å². The molecule has 0 unspecified atom stereocenters. The molecule has 1 amide bonds. The molecule has 1 aliphatic rings. The van der Waals surface area contributed by atoms with E-state index in [9.17, 15) is 15.1 Å². The molecular formula is C25H35N4O4+. The maximum atomic E-state index is 13.0. The summed E-state index contributed by atoms with van der Waals surface area (Å²) in [7, 11) is 0. The van der Waals surface area contributed by atoms with Gasteiger partial charge in [0.25, 0.3) is 0 Å². The number of carbonyl (C=O) groups is 1. The second-order valence-corrected chi connectivity index (χ2v) is 9.17. The van der Waals surface area contributed by atoms with Gasteiger partial charge in [-0.25, -0.2) is 0 Å². The fraction of sp³-hybridized carbons (Fsp3) is 0.480. The van der Waals surface area contributed by atoms with Crippen molar-refractivity contribution in [1.29, 1.82) is 0 Å². The number of aromatic nitrogens is 1. The van der Waals surface area contributed by atoms with Gasteiger partial charge >= 0.3 is 11.6 Å². The third-order valence-electron chi connectivity index (χ3n) is 6.01. The lowest BCUT2D eigenvalue weighted by Crippen LogP contribution is -2.43. The summed E-state index contributed by atoms with van der Waals surface area (Å²) in [6.45, 7) is 7.99. The zero-order chi connectivity index (χ0) is 24.2. The Morgan fingerprint density at radius 1 is 1.36 bits per heavy atom. The minimum Gasteiger partial charge on any atom is -0.492 e. The third-order valence-corrected chi connectivity index (χ3v) is 6.01. The van der Waals surface area contributed by atoms with Gasteiger partial charge in [0.05, 0.1) is 23.9 Å². The molecular weight excluding hydrogens is 420 g/mol. The molecule has 178 valence electrons. The summed E-state index contributed by atoms with van der Waals surface area (Å²) in [4.78, 5) is 17.7. The molecule has 8 nitrogen and oxygen atoms in total. The van der Waals surface area contributed by atoms with Crippen LogP contribution in [0.15, 0.2) is 35.3 Å². The Kier molecular flexibility index (Phi) is 7.58. The van der Waals surface area contributed by atoms with Crippen molar-refractivity contribution in [2.45, 2.75) is 70.9 Å².